The number of hydrogen-bond donors (Lipinski definition) is 2. The summed E-state index contributed by atoms with van der Waals surface area (Å²) < 4.78 is 34.3. The number of hydrogen-bond acceptors (Lipinski definition) is 4. The van der Waals surface area contributed by atoms with Crippen LogP contribution in [0, 0.1) is 0 Å². The van der Waals surface area contributed by atoms with Crippen LogP contribution >= 0.6 is 0 Å². The van der Waals surface area contributed by atoms with Crippen LogP contribution in [0.15, 0.2) is 24.3 Å². The van der Waals surface area contributed by atoms with Crippen molar-refractivity contribution >= 4 is 15.8 Å². The van der Waals surface area contributed by atoms with Gasteiger partial charge in [0.05, 0.1) is 7.11 Å². The number of ether oxygens (including phenoxy) is 1. The molecule has 0 saturated heterocycles. The smallest absolute Gasteiger partial charge is 0.283 e. The van der Waals surface area contributed by atoms with Crippen molar-refractivity contribution in [2.45, 2.75) is 0 Å². The van der Waals surface area contributed by atoms with Gasteiger partial charge in [-0.1, -0.05) is 6.07 Å². The summed E-state index contributed by atoms with van der Waals surface area (Å²) in [5.41, 5.74) is 0.571. The van der Waals surface area contributed by atoms with Crippen LogP contribution in [0.3, 0.4) is 0 Å². The molecular weight excluding hydrogens is 206 g/mol. The second-order valence-electron chi connectivity index (χ2n) is 2.63. The summed E-state index contributed by atoms with van der Waals surface area (Å²) in [6.07, 6.45) is 0. The molecule has 0 fully saturated rings. The number of anilines is 1. The summed E-state index contributed by atoms with van der Waals surface area (Å²) in [7, 11) is -2.48. The third-order valence-electron chi connectivity index (χ3n) is 1.53. The van der Waals surface area contributed by atoms with E-state index in [-0.39, 0.29) is 0 Å². The molecule has 0 aromatic heterocycles. The van der Waals surface area contributed by atoms with Crippen LogP contribution in [0.4, 0.5) is 5.69 Å². The van der Waals surface area contributed by atoms with E-state index in [0.717, 1.165) is 0 Å². The molecule has 5 nitrogen and oxygen atoms in total. The van der Waals surface area contributed by atoms with Gasteiger partial charge in [-0.3, -0.25) is 4.55 Å². The summed E-state index contributed by atoms with van der Waals surface area (Å²) in [6.45, 7) is 0. The maximum atomic E-state index is 10.4. The fraction of sp³-hybridized carbons (Fsp3) is 0.250. The summed E-state index contributed by atoms with van der Waals surface area (Å²) in [5, 5.41) is 2.54. The van der Waals surface area contributed by atoms with E-state index in [0.29, 0.717) is 11.4 Å². The maximum absolute atomic E-state index is 10.4. The van der Waals surface area contributed by atoms with E-state index in [2.05, 4.69) is 5.32 Å². The molecule has 6 heteroatoms. The number of benzene rings is 1. The van der Waals surface area contributed by atoms with Gasteiger partial charge in [0.15, 0.2) is 0 Å². The fourth-order valence-electron chi connectivity index (χ4n) is 0.908. The van der Waals surface area contributed by atoms with Crippen LogP contribution in [-0.2, 0) is 10.1 Å². The molecule has 78 valence electrons. The standard InChI is InChI=1S/C8H11NO4S/c1-13-8-4-2-3-7(5-8)9-6-14(10,11)12/h2-5,9H,6H2,1H3,(H,10,11,12). The van der Waals surface area contributed by atoms with Crippen LogP contribution in [-0.4, -0.2) is 26.0 Å². The first kappa shape index (κ1) is 10.8. The Hall–Kier alpha value is -1.27. The number of nitrogens with one attached hydrogen (secondary N) is 1. The van der Waals surface area contributed by atoms with Crippen LogP contribution < -0.4 is 10.1 Å². The molecule has 14 heavy (non-hydrogen) atoms. The van der Waals surface area contributed by atoms with Crippen molar-refractivity contribution in [3.8, 4) is 5.75 Å². The van der Waals surface area contributed by atoms with Gasteiger partial charge in [0.2, 0.25) is 0 Å². The van der Waals surface area contributed by atoms with Gasteiger partial charge in [-0.15, -0.1) is 0 Å². The zero-order valence-corrected chi connectivity index (χ0v) is 8.41. The summed E-state index contributed by atoms with van der Waals surface area (Å²) in [6, 6.07) is 6.75. The van der Waals surface area contributed by atoms with Crippen LogP contribution in [0.1, 0.15) is 0 Å². The van der Waals surface area contributed by atoms with Crippen LogP contribution in [0.5, 0.6) is 5.75 Å². The molecule has 0 aliphatic heterocycles. The second kappa shape index (κ2) is 4.30. The van der Waals surface area contributed by atoms with E-state index in [1.54, 1.807) is 24.3 Å². The third-order valence-corrected chi connectivity index (χ3v) is 2.04. The van der Waals surface area contributed by atoms with Gasteiger partial charge in [-0.05, 0) is 12.1 Å². The summed E-state index contributed by atoms with van der Waals surface area (Å²) >= 11 is 0. The zero-order chi connectivity index (χ0) is 10.6. The van der Waals surface area contributed by atoms with E-state index in [1.807, 2.05) is 0 Å². The highest BCUT2D eigenvalue weighted by Crippen LogP contribution is 2.16. The van der Waals surface area contributed by atoms with Crippen molar-refractivity contribution in [1.82, 2.24) is 0 Å². The Morgan fingerprint density at radius 2 is 2.21 bits per heavy atom. The largest absolute Gasteiger partial charge is 0.497 e. The molecule has 0 bridgehead atoms. The van der Waals surface area contributed by atoms with Gasteiger partial charge >= 0.3 is 0 Å². The molecule has 0 spiro atoms. The normalized spacial score (nSPS) is 11.0. The lowest BCUT2D eigenvalue weighted by Crippen LogP contribution is -2.12. The average molecular weight is 217 g/mol. The number of methoxy groups -OCH3 is 1. The molecule has 1 aromatic carbocycles. The van der Waals surface area contributed by atoms with Crippen LogP contribution in [0.25, 0.3) is 0 Å². The lowest BCUT2D eigenvalue weighted by molar-refractivity contribution is 0.415. The van der Waals surface area contributed by atoms with Crippen molar-refractivity contribution in [1.29, 1.82) is 0 Å². The first-order chi connectivity index (χ1) is 6.51. The molecule has 1 rings (SSSR count). The SMILES string of the molecule is COc1cccc(NCS(=O)(=O)O)c1. The van der Waals surface area contributed by atoms with E-state index in [9.17, 15) is 8.42 Å². The van der Waals surface area contributed by atoms with Crippen molar-refractivity contribution in [2.24, 2.45) is 0 Å². The Kier molecular flexibility index (Phi) is 3.32. The summed E-state index contributed by atoms with van der Waals surface area (Å²) in [4.78, 5) is 0. The molecular formula is C8H11NO4S. The van der Waals surface area contributed by atoms with Crippen LogP contribution in [0.2, 0.25) is 0 Å². The fourth-order valence-corrected chi connectivity index (χ4v) is 1.26. The van der Waals surface area contributed by atoms with Crippen molar-refractivity contribution in [2.75, 3.05) is 18.3 Å². The minimum atomic E-state index is -3.99. The number of rotatable bonds is 4. The lowest BCUT2D eigenvalue weighted by Gasteiger charge is -2.05. The Bertz CT molecular complexity index is 402. The van der Waals surface area contributed by atoms with Crippen molar-refractivity contribution in [3.05, 3.63) is 24.3 Å². The molecule has 0 aliphatic rings. The first-order valence-corrected chi connectivity index (χ1v) is 5.45. The highest BCUT2D eigenvalue weighted by Gasteiger charge is 2.03. The predicted octanol–water partition coefficient (Wildman–Crippen LogP) is 0.952. The molecule has 1 aromatic rings. The predicted molar refractivity (Wildman–Crippen MR) is 53.0 cm³/mol. The molecule has 0 unspecified atom stereocenters. The lowest BCUT2D eigenvalue weighted by atomic mass is 10.3. The van der Waals surface area contributed by atoms with E-state index >= 15 is 0 Å². The highest BCUT2D eigenvalue weighted by molar-refractivity contribution is 7.85. The average Bonchev–Trinajstić information content (AvgIpc) is 2.14. The van der Waals surface area contributed by atoms with Gasteiger partial charge in [-0.25, -0.2) is 0 Å². The molecule has 0 heterocycles. The zero-order valence-electron chi connectivity index (χ0n) is 7.60. The van der Waals surface area contributed by atoms with Gasteiger partial charge in [0.25, 0.3) is 10.1 Å². The van der Waals surface area contributed by atoms with E-state index < -0.39 is 16.0 Å². The minimum Gasteiger partial charge on any atom is -0.497 e. The van der Waals surface area contributed by atoms with Gasteiger partial charge in [0, 0.05) is 11.8 Å². The van der Waals surface area contributed by atoms with Gasteiger partial charge < -0.3 is 10.1 Å². The van der Waals surface area contributed by atoms with Crippen molar-refractivity contribution in [3.63, 3.8) is 0 Å². The van der Waals surface area contributed by atoms with E-state index in [4.69, 9.17) is 9.29 Å². The Morgan fingerprint density at radius 1 is 1.50 bits per heavy atom. The molecule has 0 amide bonds. The molecule has 0 aliphatic carbocycles. The van der Waals surface area contributed by atoms with Gasteiger partial charge in [-0.2, -0.15) is 8.42 Å². The molecule has 0 atom stereocenters. The molecule has 0 saturated carbocycles. The highest BCUT2D eigenvalue weighted by atomic mass is 32.2. The Balaban J connectivity index is 2.68. The summed E-state index contributed by atoms with van der Waals surface area (Å²) in [5.74, 6) is 0.102. The Labute approximate surface area is 82.5 Å². The quantitative estimate of drug-likeness (QED) is 0.734. The molecule has 2 N–H and O–H groups in total. The van der Waals surface area contributed by atoms with Crippen molar-refractivity contribution < 1.29 is 17.7 Å². The maximum Gasteiger partial charge on any atom is 0.283 e. The van der Waals surface area contributed by atoms with E-state index in [1.165, 1.54) is 7.11 Å². The Morgan fingerprint density at radius 3 is 2.79 bits per heavy atom. The molecule has 0 radical (unpaired) electrons. The topological polar surface area (TPSA) is 75.6 Å². The second-order valence-corrected chi connectivity index (χ2v) is 4.09. The monoisotopic (exact) mass is 217 g/mol. The first-order valence-electron chi connectivity index (χ1n) is 3.84. The van der Waals surface area contributed by atoms with Gasteiger partial charge in [0.1, 0.15) is 11.6 Å². The third kappa shape index (κ3) is 3.63. The minimum absolute atomic E-state index is 0.514.